The van der Waals surface area contributed by atoms with Gasteiger partial charge in [-0.15, -0.1) is 0 Å². The molecule has 122 valence electrons. The summed E-state index contributed by atoms with van der Waals surface area (Å²) in [5.41, 5.74) is 5.44. The molecule has 1 saturated heterocycles. The van der Waals surface area contributed by atoms with Gasteiger partial charge in [-0.1, -0.05) is 0 Å². The topological polar surface area (TPSA) is 59.2 Å². The number of halogens is 4. The summed E-state index contributed by atoms with van der Waals surface area (Å²) in [5, 5.41) is 0.674. The summed E-state index contributed by atoms with van der Waals surface area (Å²) in [6, 6.07) is 7.23. The van der Waals surface area contributed by atoms with Gasteiger partial charge in [0.15, 0.2) is 0 Å². The van der Waals surface area contributed by atoms with Crippen molar-refractivity contribution in [1.82, 2.24) is 4.98 Å². The van der Waals surface area contributed by atoms with E-state index in [4.69, 9.17) is 5.73 Å². The fourth-order valence-corrected chi connectivity index (χ4v) is 2.87. The molecule has 4 nitrogen and oxygen atoms in total. The highest BCUT2D eigenvalue weighted by atomic mass is 19.4. The van der Waals surface area contributed by atoms with E-state index in [1.807, 2.05) is 0 Å². The second-order valence-electron chi connectivity index (χ2n) is 5.57. The first-order valence-corrected chi connectivity index (χ1v) is 6.93. The Balaban J connectivity index is 1.94. The van der Waals surface area contributed by atoms with Crippen LogP contribution in [-0.2, 0) is 4.79 Å². The van der Waals surface area contributed by atoms with Gasteiger partial charge in [0.1, 0.15) is 11.6 Å². The summed E-state index contributed by atoms with van der Waals surface area (Å²) in [5.74, 6) is -4.35. The van der Waals surface area contributed by atoms with E-state index in [2.05, 4.69) is 4.98 Å². The normalized spacial score (nSPS) is 21.8. The third-order valence-electron chi connectivity index (χ3n) is 4.07. The van der Waals surface area contributed by atoms with E-state index in [0.717, 1.165) is 0 Å². The van der Waals surface area contributed by atoms with Crippen LogP contribution in [0.25, 0.3) is 10.9 Å². The molecule has 8 heteroatoms. The fourth-order valence-electron chi connectivity index (χ4n) is 2.87. The lowest BCUT2D eigenvalue weighted by molar-refractivity contribution is -0.181. The summed E-state index contributed by atoms with van der Waals surface area (Å²) in [6.45, 7) is -0.557. The first-order chi connectivity index (χ1) is 10.8. The Bertz CT molecular complexity index is 762. The minimum atomic E-state index is -4.52. The molecule has 2 aromatic rings. The first-order valence-electron chi connectivity index (χ1n) is 6.93. The number of hydrogen-bond acceptors (Lipinski definition) is 3. The van der Waals surface area contributed by atoms with Crippen molar-refractivity contribution in [2.24, 2.45) is 17.6 Å². The number of nitrogens with zero attached hydrogens (tertiary/aromatic N) is 2. The number of carbonyl (C=O) groups is 1. The lowest BCUT2D eigenvalue weighted by atomic mass is 9.95. The predicted octanol–water partition coefficient (Wildman–Crippen LogP) is 2.47. The number of primary amides is 1. The van der Waals surface area contributed by atoms with Crippen LogP contribution in [-0.4, -0.2) is 30.2 Å². The van der Waals surface area contributed by atoms with E-state index < -0.39 is 36.3 Å². The van der Waals surface area contributed by atoms with Gasteiger partial charge in [0.25, 0.3) is 0 Å². The van der Waals surface area contributed by atoms with Gasteiger partial charge in [-0.25, -0.2) is 9.37 Å². The Morgan fingerprint density at radius 3 is 2.52 bits per heavy atom. The van der Waals surface area contributed by atoms with Crippen LogP contribution in [0.4, 0.5) is 23.4 Å². The van der Waals surface area contributed by atoms with Crippen molar-refractivity contribution in [1.29, 1.82) is 0 Å². The highest BCUT2D eigenvalue weighted by Gasteiger charge is 2.52. The van der Waals surface area contributed by atoms with Gasteiger partial charge in [0, 0.05) is 24.5 Å². The Morgan fingerprint density at radius 2 is 1.91 bits per heavy atom. The molecule has 1 aromatic heterocycles. The number of benzene rings is 1. The average Bonchev–Trinajstić information content (AvgIpc) is 2.92. The van der Waals surface area contributed by atoms with Crippen LogP contribution in [0.15, 0.2) is 30.3 Å². The molecule has 0 bridgehead atoms. The van der Waals surface area contributed by atoms with Crippen molar-refractivity contribution in [3.63, 3.8) is 0 Å². The maximum absolute atomic E-state index is 13.3. The summed E-state index contributed by atoms with van der Waals surface area (Å²) in [7, 11) is 0. The second kappa shape index (κ2) is 5.36. The molecule has 3 rings (SSSR count). The van der Waals surface area contributed by atoms with E-state index >= 15 is 0 Å². The summed E-state index contributed by atoms with van der Waals surface area (Å²) in [6.07, 6.45) is -4.52. The van der Waals surface area contributed by atoms with Crippen LogP contribution in [0, 0.1) is 17.7 Å². The molecule has 1 amide bonds. The highest BCUT2D eigenvalue weighted by molar-refractivity contribution is 5.81. The molecule has 23 heavy (non-hydrogen) atoms. The Morgan fingerprint density at radius 1 is 1.22 bits per heavy atom. The molecule has 0 aliphatic carbocycles. The summed E-state index contributed by atoms with van der Waals surface area (Å²) in [4.78, 5) is 16.9. The summed E-state index contributed by atoms with van der Waals surface area (Å²) < 4.78 is 52.5. The molecule has 0 saturated carbocycles. The molecule has 2 atom stereocenters. The van der Waals surface area contributed by atoms with E-state index in [0.29, 0.717) is 10.9 Å². The first kappa shape index (κ1) is 15.5. The fraction of sp³-hybridized carbons (Fsp3) is 0.333. The van der Waals surface area contributed by atoms with E-state index in [1.165, 1.54) is 23.1 Å². The maximum atomic E-state index is 13.3. The van der Waals surface area contributed by atoms with Gasteiger partial charge in [0.05, 0.1) is 17.4 Å². The summed E-state index contributed by atoms with van der Waals surface area (Å²) >= 11 is 0. The zero-order chi connectivity index (χ0) is 16.8. The van der Waals surface area contributed by atoms with Crippen LogP contribution in [0.1, 0.15) is 0 Å². The van der Waals surface area contributed by atoms with E-state index in [-0.39, 0.29) is 12.4 Å². The van der Waals surface area contributed by atoms with Crippen molar-refractivity contribution in [2.75, 3.05) is 18.0 Å². The number of pyridine rings is 1. The lowest BCUT2D eigenvalue weighted by Crippen LogP contribution is -2.37. The zero-order valence-electron chi connectivity index (χ0n) is 11.8. The number of alkyl halides is 3. The lowest BCUT2D eigenvalue weighted by Gasteiger charge is -2.19. The van der Waals surface area contributed by atoms with Gasteiger partial charge in [0.2, 0.25) is 5.91 Å². The van der Waals surface area contributed by atoms with Crippen LogP contribution in [0.2, 0.25) is 0 Å². The number of fused-ring (bicyclic) bond motifs is 1. The molecular weight excluding hydrogens is 314 g/mol. The Kier molecular flexibility index (Phi) is 3.62. The second-order valence-corrected chi connectivity index (χ2v) is 5.57. The Hall–Kier alpha value is -2.38. The smallest absolute Gasteiger partial charge is 0.369 e. The number of hydrogen-bond donors (Lipinski definition) is 1. The van der Waals surface area contributed by atoms with Gasteiger partial charge in [-0.3, -0.25) is 4.79 Å². The van der Waals surface area contributed by atoms with Crippen LogP contribution >= 0.6 is 0 Å². The van der Waals surface area contributed by atoms with Gasteiger partial charge in [-0.2, -0.15) is 13.2 Å². The zero-order valence-corrected chi connectivity index (χ0v) is 11.8. The average molecular weight is 327 g/mol. The van der Waals surface area contributed by atoms with Crippen LogP contribution < -0.4 is 10.6 Å². The number of aromatic nitrogens is 1. The molecule has 0 spiro atoms. The minimum absolute atomic E-state index is 0.159. The van der Waals surface area contributed by atoms with Crippen molar-refractivity contribution in [2.45, 2.75) is 6.18 Å². The van der Waals surface area contributed by atoms with Gasteiger partial charge < -0.3 is 10.6 Å². The maximum Gasteiger partial charge on any atom is 0.394 e. The van der Waals surface area contributed by atoms with Gasteiger partial charge in [-0.05, 0) is 24.3 Å². The van der Waals surface area contributed by atoms with Crippen molar-refractivity contribution in [3.8, 4) is 0 Å². The van der Waals surface area contributed by atoms with E-state index in [9.17, 15) is 22.4 Å². The number of rotatable bonds is 2. The van der Waals surface area contributed by atoms with E-state index in [1.54, 1.807) is 12.1 Å². The molecule has 0 unspecified atom stereocenters. The van der Waals surface area contributed by atoms with Crippen molar-refractivity contribution in [3.05, 3.63) is 36.1 Å². The monoisotopic (exact) mass is 327 g/mol. The molecule has 1 aliphatic rings. The SMILES string of the molecule is NC(=O)[C@@H]1CN(c2ccc3ccc(F)cc3n2)C[C@H]1C(F)(F)F. The van der Waals surface area contributed by atoms with Gasteiger partial charge >= 0.3 is 6.18 Å². The molecular formula is C15H13F4N3O. The number of anilines is 1. The minimum Gasteiger partial charge on any atom is -0.369 e. The quantitative estimate of drug-likeness (QED) is 0.862. The van der Waals surface area contributed by atoms with Crippen molar-refractivity contribution >= 4 is 22.6 Å². The standard InChI is InChI=1S/C15H13F4N3O/c16-9-3-1-8-2-4-13(21-12(8)5-9)22-6-10(14(20)23)11(7-22)15(17,18)19/h1-5,10-11H,6-7H2,(H2,20,23)/t10-,11-/m1/s1. The third kappa shape index (κ3) is 2.93. The number of carbonyl (C=O) groups excluding carboxylic acids is 1. The highest BCUT2D eigenvalue weighted by Crippen LogP contribution is 2.39. The molecule has 1 fully saturated rings. The van der Waals surface area contributed by atoms with Crippen LogP contribution in [0.3, 0.4) is 0 Å². The van der Waals surface area contributed by atoms with Crippen LogP contribution in [0.5, 0.6) is 0 Å². The molecule has 1 aromatic carbocycles. The number of nitrogens with two attached hydrogens (primary N) is 1. The Labute approximate surface area is 128 Å². The molecule has 1 aliphatic heterocycles. The largest absolute Gasteiger partial charge is 0.394 e. The molecule has 2 heterocycles. The predicted molar refractivity (Wildman–Crippen MR) is 76.1 cm³/mol. The molecule has 0 radical (unpaired) electrons. The third-order valence-corrected chi connectivity index (χ3v) is 4.07. The number of amides is 1. The molecule has 2 N–H and O–H groups in total. The van der Waals surface area contributed by atoms with Crippen molar-refractivity contribution < 1.29 is 22.4 Å².